The van der Waals surface area contributed by atoms with Gasteiger partial charge in [0, 0.05) is 11.6 Å². The van der Waals surface area contributed by atoms with E-state index < -0.39 is 0 Å². The second-order valence-electron chi connectivity index (χ2n) is 8.55. The number of carbonyl (C=O) groups excluding carboxylic acids is 2. The van der Waals surface area contributed by atoms with Gasteiger partial charge in [0.05, 0.1) is 5.39 Å². The number of anilines is 1. The van der Waals surface area contributed by atoms with E-state index in [0.717, 1.165) is 11.1 Å². The molecule has 2 aromatic heterocycles. The van der Waals surface area contributed by atoms with Gasteiger partial charge < -0.3 is 10.6 Å². The highest BCUT2D eigenvalue weighted by Crippen LogP contribution is 2.32. The summed E-state index contributed by atoms with van der Waals surface area (Å²) in [5.41, 5.74) is 2.99. The monoisotopic (exact) mass is 393 g/mol. The zero-order valence-electron chi connectivity index (χ0n) is 17.7. The number of fused-ring (bicyclic) bond motifs is 1. The molecule has 0 saturated carbocycles. The highest BCUT2D eigenvalue weighted by Gasteiger charge is 2.26. The highest BCUT2D eigenvalue weighted by atomic mass is 16.2. The number of nitrogens with one attached hydrogen (secondary N) is 3. The first-order valence-corrected chi connectivity index (χ1v) is 9.64. The van der Waals surface area contributed by atoms with Gasteiger partial charge >= 0.3 is 0 Å². The van der Waals surface area contributed by atoms with Gasteiger partial charge in [-0.2, -0.15) is 5.10 Å². The Labute approximate surface area is 170 Å². The van der Waals surface area contributed by atoms with Crippen LogP contribution in [0.2, 0.25) is 0 Å². The molecule has 7 heteroatoms. The van der Waals surface area contributed by atoms with E-state index in [2.05, 4.69) is 25.8 Å². The number of nitrogens with zero attached hydrogens (tertiary/aromatic N) is 2. The van der Waals surface area contributed by atoms with Crippen LogP contribution in [-0.4, -0.2) is 33.0 Å². The van der Waals surface area contributed by atoms with Crippen LogP contribution in [0.3, 0.4) is 0 Å². The summed E-state index contributed by atoms with van der Waals surface area (Å²) in [7, 11) is 0. The zero-order chi connectivity index (χ0) is 21.3. The molecular weight excluding hydrogens is 366 g/mol. The van der Waals surface area contributed by atoms with Crippen molar-refractivity contribution in [2.24, 2.45) is 0 Å². The number of amides is 2. The lowest BCUT2D eigenvalue weighted by molar-refractivity contribution is 0.0938. The third-order valence-corrected chi connectivity index (χ3v) is 4.53. The maximum absolute atomic E-state index is 12.6. The van der Waals surface area contributed by atoms with Crippen LogP contribution in [0.1, 0.15) is 66.6 Å². The van der Waals surface area contributed by atoms with Gasteiger partial charge in [-0.25, -0.2) is 4.98 Å². The molecule has 0 saturated heterocycles. The van der Waals surface area contributed by atoms with E-state index in [-0.39, 0.29) is 23.3 Å². The SMILES string of the molecule is Cc1ccc(C(=O)Nc2cc(C(C)(C)C)c3c(C(=O)NC(C)C)[nH]nc3n2)cc1. The Morgan fingerprint density at radius 1 is 1.07 bits per heavy atom. The topological polar surface area (TPSA) is 99.8 Å². The van der Waals surface area contributed by atoms with Crippen molar-refractivity contribution < 1.29 is 9.59 Å². The minimum Gasteiger partial charge on any atom is -0.349 e. The Hall–Kier alpha value is -3.22. The standard InChI is InChI=1S/C22H27N5O2/c1-12(2)23-21(29)18-17-15(22(4,5)6)11-16(24-19(17)27-26-18)25-20(28)14-9-7-13(3)8-10-14/h7-12H,1-6H3,(H,23,29)(H2,24,25,26,27,28). The van der Waals surface area contributed by atoms with E-state index in [1.807, 2.05) is 59.7 Å². The van der Waals surface area contributed by atoms with Crippen LogP contribution < -0.4 is 10.6 Å². The number of H-pyrrole nitrogens is 1. The Morgan fingerprint density at radius 3 is 2.31 bits per heavy atom. The number of aromatic amines is 1. The van der Waals surface area contributed by atoms with Gasteiger partial charge in [0.25, 0.3) is 11.8 Å². The third-order valence-electron chi connectivity index (χ3n) is 4.53. The Bertz CT molecular complexity index is 1060. The Kier molecular flexibility index (Phi) is 5.42. The summed E-state index contributed by atoms with van der Waals surface area (Å²) in [5.74, 6) is -0.0772. The number of rotatable bonds is 4. The van der Waals surface area contributed by atoms with Crippen molar-refractivity contribution in [2.45, 2.75) is 53.0 Å². The van der Waals surface area contributed by atoms with Crippen LogP contribution in [0, 0.1) is 6.92 Å². The molecule has 29 heavy (non-hydrogen) atoms. The maximum atomic E-state index is 12.6. The molecule has 2 heterocycles. The molecular formula is C22H27N5O2. The molecule has 152 valence electrons. The van der Waals surface area contributed by atoms with Gasteiger partial charge in [-0.1, -0.05) is 38.5 Å². The first-order chi connectivity index (χ1) is 13.6. The first-order valence-electron chi connectivity index (χ1n) is 9.64. The molecule has 0 aliphatic rings. The quantitative estimate of drug-likeness (QED) is 0.625. The van der Waals surface area contributed by atoms with Crippen LogP contribution in [0.4, 0.5) is 5.82 Å². The number of aromatic nitrogens is 3. The van der Waals surface area contributed by atoms with Crippen molar-refractivity contribution in [3.8, 4) is 0 Å². The molecule has 0 fully saturated rings. The number of carbonyl (C=O) groups is 2. The van der Waals surface area contributed by atoms with Crippen LogP contribution in [0.15, 0.2) is 30.3 Å². The molecule has 0 bridgehead atoms. The molecule has 3 N–H and O–H groups in total. The van der Waals surface area contributed by atoms with Gasteiger partial charge in [-0.05, 0) is 49.9 Å². The predicted molar refractivity (Wildman–Crippen MR) is 114 cm³/mol. The fourth-order valence-electron chi connectivity index (χ4n) is 3.07. The zero-order valence-corrected chi connectivity index (χ0v) is 17.7. The molecule has 0 spiro atoms. The second-order valence-corrected chi connectivity index (χ2v) is 8.55. The van der Waals surface area contributed by atoms with Gasteiger partial charge in [-0.3, -0.25) is 14.7 Å². The second kappa shape index (κ2) is 7.66. The van der Waals surface area contributed by atoms with Crippen molar-refractivity contribution in [1.29, 1.82) is 0 Å². The molecule has 0 aliphatic heterocycles. The molecule has 2 amide bonds. The van der Waals surface area contributed by atoms with E-state index in [1.165, 1.54) is 0 Å². The number of hydrogen-bond acceptors (Lipinski definition) is 4. The van der Waals surface area contributed by atoms with Crippen LogP contribution in [0.5, 0.6) is 0 Å². The average molecular weight is 393 g/mol. The molecule has 3 rings (SSSR count). The van der Waals surface area contributed by atoms with Gasteiger partial charge in [0.2, 0.25) is 0 Å². The smallest absolute Gasteiger partial charge is 0.270 e. The Morgan fingerprint density at radius 2 is 1.72 bits per heavy atom. The predicted octanol–water partition coefficient (Wildman–Crippen LogP) is 3.95. The molecule has 0 aliphatic carbocycles. The lowest BCUT2D eigenvalue weighted by Gasteiger charge is -2.21. The Balaban J connectivity index is 2.03. The van der Waals surface area contributed by atoms with Gasteiger partial charge in [0.15, 0.2) is 5.65 Å². The summed E-state index contributed by atoms with van der Waals surface area (Å²) in [5, 5.41) is 13.4. The number of benzene rings is 1. The summed E-state index contributed by atoms with van der Waals surface area (Å²) >= 11 is 0. The van der Waals surface area contributed by atoms with Crippen molar-refractivity contribution in [3.05, 3.63) is 52.7 Å². The van der Waals surface area contributed by atoms with E-state index in [1.54, 1.807) is 12.1 Å². The molecule has 0 radical (unpaired) electrons. The van der Waals surface area contributed by atoms with Crippen LogP contribution >= 0.6 is 0 Å². The van der Waals surface area contributed by atoms with Crippen molar-refractivity contribution in [1.82, 2.24) is 20.5 Å². The fourth-order valence-corrected chi connectivity index (χ4v) is 3.07. The van der Waals surface area contributed by atoms with Crippen LogP contribution in [-0.2, 0) is 5.41 Å². The lowest BCUT2D eigenvalue weighted by Crippen LogP contribution is -2.30. The number of pyridine rings is 1. The normalized spacial score (nSPS) is 11.7. The molecule has 0 atom stereocenters. The van der Waals surface area contributed by atoms with Crippen molar-refractivity contribution >= 4 is 28.7 Å². The van der Waals surface area contributed by atoms with E-state index in [9.17, 15) is 9.59 Å². The minimum atomic E-state index is -0.290. The first kappa shape index (κ1) is 20.5. The summed E-state index contributed by atoms with van der Waals surface area (Å²) < 4.78 is 0. The molecule has 7 nitrogen and oxygen atoms in total. The summed E-state index contributed by atoms with van der Waals surface area (Å²) in [6.45, 7) is 11.9. The summed E-state index contributed by atoms with van der Waals surface area (Å²) in [6.07, 6.45) is 0. The maximum Gasteiger partial charge on any atom is 0.270 e. The van der Waals surface area contributed by atoms with Crippen molar-refractivity contribution in [3.63, 3.8) is 0 Å². The summed E-state index contributed by atoms with van der Waals surface area (Å²) in [6, 6.07) is 9.14. The third kappa shape index (κ3) is 4.45. The largest absolute Gasteiger partial charge is 0.349 e. The average Bonchev–Trinajstić information content (AvgIpc) is 3.04. The van der Waals surface area contributed by atoms with E-state index in [0.29, 0.717) is 28.1 Å². The minimum absolute atomic E-state index is 0.0000311. The number of aryl methyl sites for hydroxylation is 1. The van der Waals surface area contributed by atoms with Gasteiger partial charge in [0.1, 0.15) is 11.5 Å². The lowest BCUT2D eigenvalue weighted by atomic mass is 9.85. The number of hydrogen-bond donors (Lipinski definition) is 3. The van der Waals surface area contributed by atoms with Crippen molar-refractivity contribution in [2.75, 3.05) is 5.32 Å². The molecule has 0 unspecified atom stereocenters. The van der Waals surface area contributed by atoms with E-state index in [4.69, 9.17) is 0 Å². The van der Waals surface area contributed by atoms with Crippen LogP contribution in [0.25, 0.3) is 11.0 Å². The highest BCUT2D eigenvalue weighted by molar-refractivity contribution is 6.07. The summed E-state index contributed by atoms with van der Waals surface area (Å²) in [4.78, 5) is 29.7. The molecule has 1 aromatic carbocycles. The molecule has 3 aromatic rings. The fraction of sp³-hybridized carbons (Fsp3) is 0.364. The van der Waals surface area contributed by atoms with E-state index >= 15 is 0 Å². The van der Waals surface area contributed by atoms with Gasteiger partial charge in [-0.15, -0.1) is 0 Å².